The molecule has 1 unspecified atom stereocenters. The number of hydrogen-bond acceptors (Lipinski definition) is 4. The van der Waals surface area contributed by atoms with Gasteiger partial charge < -0.3 is 20.1 Å². The van der Waals surface area contributed by atoms with Gasteiger partial charge in [-0.3, -0.25) is 0 Å². The molecule has 1 aliphatic rings. The molecular weight excluding hydrogens is 244 g/mol. The van der Waals surface area contributed by atoms with Crippen LogP contribution in [0.25, 0.3) is 0 Å². The van der Waals surface area contributed by atoms with Gasteiger partial charge in [0.25, 0.3) is 0 Å². The molecule has 112 valence electrons. The van der Waals surface area contributed by atoms with Crippen molar-refractivity contribution >= 4 is 6.09 Å². The van der Waals surface area contributed by atoms with Crippen LogP contribution in [-0.2, 0) is 9.47 Å². The zero-order chi connectivity index (χ0) is 14.5. The quantitative estimate of drug-likeness (QED) is 0.777. The Morgan fingerprint density at radius 3 is 2.42 bits per heavy atom. The number of rotatable bonds is 6. The molecular formula is C14H28N2O3. The van der Waals surface area contributed by atoms with Gasteiger partial charge >= 0.3 is 6.09 Å². The molecule has 0 aliphatic heterocycles. The van der Waals surface area contributed by atoms with E-state index in [4.69, 9.17) is 9.47 Å². The minimum atomic E-state index is -0.452. The van der Waals surface area contributed by atoms with Crippen molar-refractivity contribution in [3.05, 3.63) is 0 Å². The average molecular weight is 272 g/mol. The molecule has 1 atom stereocenters. The van der Waals surface area contributed by atoms with Crippen LogP contribution in [0.4, 0.5) is 4.79 Å². The van der Waals surface area contributed by atoms with Crippen LogP contribution in [0.5, 0.6) is 0 Å². The van der Waals surface area contributed by atoms with Crippen molar-refractivity contribution in [2.24, 2.45) is 0 Å². The summed E-state index contributed by atoms with van der Waals surface area (Å²) in [6.07, 6.45) is 3.09. The summed E-state index contributed by atoms with van der Waals surface area (Å²) in [6, 6.07) is 0.195. The Morgan fingerprint density at radius 2 is 2.00 bits per heavy atom. The van der Waals surface area contributed by atoms with Crippen molar-refractivity contribution < 1.29 is 14.3 Å². The normalized spacial score (nSPS) is 19.4. The van der Waals surface area contributed by atoms with Crippen molar-refractivity contribution in [3.63, 3.8) is 0 Å². The molecule has 1 rings (SSSR count). The second kappa shape index (κ2) is 6.57. The van der Waals surface area contributed by atoms with Crippen molar-refractivity contribution in [1.29, 1.82) is 0 Å². The zero-order valence-electron chi connectivity index (χ0n) is 12.8. The van der Waals surface area contributed by atoms with Crippen LogP contribution >= 0.6 is 0 Å². The van der Waals surface area contributed by atoms with Gasteiger partial charge in [-0.2, -0.15) is 0 Å². The Morgan fingerprint density at radius 1 is 1.37 bits per heavy atom. The fourth-order valence-corrected chi connectivity index (χ4v) is 2.01. The highest BCUT2D eigenvalue weighted by atomic mass is 16.6. The maximum atomic E-state index is 11.5. The predicted molar refractivity (Wildman–Crippen MR) is 75.3 cm³/mol. The van der Waals surface area contributed by atoms with Crippen molar-refractivity contribution in [2.75, 3.05) is 20.2 Å². The van der Waals surface area contributed by atoms with Crippen LogP contribution in [0.15, 0.2) is 0 Å². The lowest BCUT2D eigenvalue weighted by atomic mass is 9.80. The molecule has 0 heterocycles. The molecule has 1 saturated carbocycles. The van der Waals surface area contributed by atoms with Crippen LogP contribution in [0, 0.1) is 0 Å². The molecule has 2 N–H and O–H groups in total. The lowest BCUT2D eigenvalue weighted by Gasteiger charge is -2.41. The number of nitrogens with one attached hydrogen (secondary N) is 2. The molecule has 19 heavy (non-hydrogen) atoms. The molecule has 0 aromatic heterocycles. The summed E-state index contributed by atoms with van der Waals surface area (Å²) >= 11 is 0. The number of ether oxygens (including phenoxy) is 2. The SMILES string of the molecule is COC1(CNC(C)CNC(=O)OC(C)(C)C)CCC1. The molecule has 0 aromatic carbocycles. The number of methoxy groups -OCH3 is 1. The number of hydrogen-bond donors (Lipinski definition) is 2. The Bertz CT molecular complexity index is 290. The number of amides is 1. The first-order valence-electron chi connectivity index (χ1n) is 7.02. The number of alkyl carbamates (subject to hydrolysis) is 1. The van der Waals surface area contributed by atoms with E-state index in [9.17, 15) is 4.79 Å². The van der Waals surface area contributed by atoms with Gasteiger partial charge in [-0.15, -0.1) is 0 Å². The molecule has 5 nitrogen and oxygen atoms in total. The fourth-order valence-electron chi connectivity index (χ4n) is 2.01. The first kappa shape index (κ1) is 16.2. The molecule has 5 heteroatoms. The van der Waals surface area contributed by atoms with Gasteiger partial charge in [0.05, 0.1) is 5.60 Å². The fraction of sp³-hybridized carbons (Fsp3) is 0.929. The average Bonchev–Trinajstić information content (AvgIpc) is 2.23. The first-order chi connectivity index (χ1) is 8.76. The Hall–Kier alpha value is -0.810. The molecule has 0 aromatic rings. The molecule has 1 fully saturated rings. The second-order valence-corrected chi connectivity index (χ2v) is 6.41. The third-order valence-corrected chi connectivity index (χ3v) is 3.42. The number of carbonyl (C=O) groups excluding carboxylic acids is 1. The summed E-state index contributed by atoms with van der Waals surface area (Å²) in [5, 5.41) is 6.16. The highest BCUT2D eigenvalue weighted by Crippen LogP contribution is 2.34. The Labute approximate surface area is 116 Å². The summed E-state index contributed by atoms with van der Waals surface area (Å²) < 4.78 is 10.7. The van der Waals surface area contributed by atoms with E-state index in [2.05, 4.69) is 10.6 Å². The van der Waals surface area contributed by atoms with E-state index in [1.165, 1.54) is 6.42 Å². The van der Waals surface area contributed by atoms with E-state index in [1.54, 1.807) is 7.11 Å². The van der Waals surface area contributed by atoms with Crippen LogP contribution < -0.4 is 10.6 Å². The smallest absolute Gasteiger partial charge is 0.407 e. The summed E-state index contributed by atoms with van der Waals surface area (Å²) in [5.74, 6) is 0. The highest BCUT2D eigenvalue weighted by molar-refractivity contribution is 5.67. The van der Waals surface area contributed by atoms with E-state index in [1.807, 2.05) is 27.7 Å². The number of carbonyl (C=O) groups is 1. The van der Waals surface area contributed by atoms with Gasteiger partial charge in [0, 0.05) is 26.2 Å². The van der Waals surface area contributed by atoms with Gasteiger partial charge in [-0.1, -0.05) is 0 Å². The molecule has 0 radical (unpaired) electrons. The van der Waals surface area contributed by atoms with E-state index in [0.717, 1.165) is 19.4 Å². The maximum absolute atomic E-state index is 11.5. The molecule has 0 saturated heterocycles. The summed E-state index contributed by atoms with van der Waals surface area (Å²) in [5.41, 5.74) is -0.438. The predicted octanol–water partition coefficient (Wildman–Crippen LogP) is 2.06. The van der Waals surface area contributed by atoms with Gasteiger partial charge in [-0.05, 0) is 47.0 Å². The van der Waals surface area contributed by atoms with Crippen molar-refractivity contribution in [1.82, 2.24) is 10.6 Å². The molecule has 0 spiro atoms. The van der Waals surface area contributed by atoms with E-state index >= 15 is 0 Å². The summed E-state index contributed by atoms with van der Waals surface area (Å²) in [6.45, 7) is 8.99. The maximum Gasteiger partial charge on any atom is 0.407 e. The van der Waals surface area contributed by atoms with Gasteiger partial charge in [0.1, 0.15) is 5.60 Å². The van der Waals surface area contributed by atoms with E-state index < -0.39 is 5.60 Å². The van der Waals surface area contributed by atoms with E-state index in [0.29, 0.717) is 6.54 Å². The van der Waals surface area contributed by atoms with Crippen molar-refractivity contribution in [2.45, 2.75) is 64.2 Å². The van der Waals surface area contributed by atoms with Crippen LogP contribution in [0.2, 0.25) is 0 Å². The van der Waals surface area contributed by atoms with Crippen LogP contribution in [0.1, 0.15) is 47.0 Å². The third kappa shape index (κ3) is 5.78. The van der Waals surface area contributed by atoms with E-state index in [-0.39, 0.29) is 17.7 Å². The largest absolute Gasteiger partial charge is 0.444 e. The first-order valence-corrected chi connectivity index (χ1v) is 7.02. The van der Waals surface area contributed by atoms with Gasteiger partial charge in [0.2, 0.25) is 0 Å². The standard InChI is InChI=1S/C14H28N2O3/c1-11(9-15-12(17)19-13(2,3)4)16-10-14(18-5)7-6-8-14/h11,16H,6-10H2,1-5H3,(H,15,17). The molecule has 0 bridgehead atoms. The lowest BCUT2D eigenvalue weighted by molar-refractivity contribution is -0.0705. The highest BCUT2D eigenvalue weighted by Gasteiger charge is 2.36. The van der Waals surface area contributed by atoms with Gasteiger partial charge in [0.15, 0.2) is 0 Å². The Kier molecular flexibility index (Phi) is 5.62. The summed E-state index contributed by atoms with van der Waals surface area (Å²) in [4.78, 5) is 11.5. The lowest BCUT2D eigenvalue weighted by Crippen LogP contribution is -2.51. The minimum Gasteiger partial charge on any atom is -0.444 e. The second-order valence-electron chi connectivity index (χ2n) is 6.41. The third-order valence-electron chi connectivity index (χ3n) is 3.42. The minimum absolute atomic E-state index is 0.0141. The molecule has 1 amide bonds. The van der Waals surface area contributed by atoms with Gasteiger partial charge in [-0.25, -0.2) is 4.79 Å². The summed E-state index contributed by atoms with van der Waals surface area (Å²) in [7, 11) is 1.77. The molecule has 1 aliphatic carbocycles. The zero-order valence-corrected chi connectivity index (χ0v) is 12.8. The van der Waals surface area contributed by atoms with Crippen LogP contribution in [0.3, 0.4) is 0 Å². The van der Waals surface area contributed by atoms with Crippen molar-refractivity contribution in [3.8, 4) is 0 Å². The topological polar surface area (TPSA) is 59.6 Å². The van der Waals surface area contributed by atoms with Crippen LogP contribution in [-0.4, -0.2) is 43.5 Å². The monoisotopic (exact) mass is 272 g/mol. The Balaban J connectivity index is 2.17.